The molecule has 0 spiro atoms. The van der Waals surface area contributed by atoms with E-state index < -0.39 is 0 Å². The zero-order chi connectivity index (χ0) is 8.55. The standard InChI is InChI=1S/C8H12N2OS/c1-6(7-2-3-7)10-5-4-9-8(10)12-11/h4-7,11H,2-3H2,1H3/t6-/m0/s1. The van der Waals surface area contributed by atoms with Crippen LogP contribution in [0.25, 0.3) is 0 Å². The molecule has 0 radical (unpaired) electrons. The number of nitrogens with zero attached hydrogens (tertiary/aromatic N) is 2. The van der Waals surface area contributed by atoms with E-state index >= 15 is 0 Å². The van der Waals surface area contributed by atoms with Gasteiger partial charge in [0.05, 0.1) is 12.0 Å². The lowest BCUT2D eigenvalue weighted by molar-refractivity contribution is 0.448. The first-order valence-corrected chi connectivity index (χ1v) is 4.94. The molecule has 1 aliphatic carbocycles. The molecule has 1 aromatic rings. The van der Waals surface area contributed by atoms with Crippen molar-refractivity contribution in [1.82, 2.24) is 9.55 Å². The minimum Gasteiger partial charge on any atom is -0.323 e. The second kappa shape index (κ2) is 3.11. The summed E-state index contributed by atoms with van der Waals surface area (Å²) < 4.78 is 10.9. The van der Waals surface area contributed by atoms with Crippen molar-refractivity contribution >= 4 is 12.0 Å². The Labute approximate surface area is 76.0 Å². The molecule has 4 heteroatoms. The van der Waals surface area contributed by atoms with Gasteiger partial charge in [0.1, 0.15) is 0 Å². The van der Waals surface area contributed by atoms with Gasteiger partial charge in [-0.05, 0) is 25.7 Å². The van der Waals surface area contributed by atoms with Crippen molar-refractivity contribution < 1.29 is 4.55 Å². The Morgan fingerprint density at radius 1 is 1.75 bits per heavy atom. The van der Waals surface area contributed by atoms with Gasteiger partial charge in [-0.1, -0.05) is 0 Å². The Balaban J connectivity index is 2.19. The molecule has 1 fully saturated rings. The molecule has 0 unspecified atom stereocenters. The van der Waals surface area contributed by atoms with Gasteiger partial charge in [-0.2, -0.15) is 0 Å². The molecule has 1 saturated carbocycles. The lowest BCUT2D eigenvalue weighted by Crippen LogP contribution is -2.06. The van der Waals surface area contributed by atoms with Crippen molar-refractivity contribution in [1.29, 1.82) is 0 Å². The van der Waals surface area contributed by atoms with Gasteiger partial charge >= 0.3 is 0 Å². The van der Waals surface area contributed by atoms with Crippen LogP contribution in [0.4, 0.5) is 0 Å². The van der Waals surface area contributed by atoms with E-state index in [1.54, 1.807) is 6.20 Å². The van der Waals surface area contributed by atoms with Crippen LogP contribution in [-0.2, 0) is 0 Å². The van der Waals surface area contributed by atoms with Crippen molar-refractivity contribution in [3.05, 3.63) is 12.4 Å². The van der Waals surface area contributed by atoms with Crippen molar-refractivity contribution in [2.45, 2.75) is 31.0 Å². The average molecular weight is 184 g/mol. The Kier molecular flexibility index (Phi) is 2.11. The van der Waals surface area contributed by atoms with Crippen LogP contribution in [0.1, 0.15) is 25.8 Å². The van der Waals surface area contributed by atoms with Crippen LogP contribution in [-0.4, -0.2) is 14.1 Å². The summed E-state index contributed by atoms with van der Waals surface area (Å²) >= 11 is 0.727. The molecule has 0 aliphatic heterocycles. The van der Waals surface area contributed by atoms with Gasteiger partial charge in [-0.15, -0.1) is 0 Å². The molecule has 1 heterocycles. The highest BCUT2D eigenvalue weighted by atomic mass is 32.2. The lowest BCUT2D eigenvalue weighted by Gasteiger charge is -2.13. The van der Waals surface area contributed by atoms with Gasteiger partial charge in [-0.3, -0.25) is 0 Å². The van der Waals surface area contributed by atoms with Crippen molar-refractivity contribution in [2.24, 2.45) is 5.92 Å². The number of hydrogen-bond donors (Lipinski definition) is 1. The molecule has 0 aromatic carbocycles. The van der Waals surface area contributed by atoms with Crippen LogP contribution < -0.4 is 0 Å². The first kappa shape index (κ1) is 8.13. The second-order valence-electron chi connectivity index (χ2n) is 3.29. The zero-order valence-electron chi connectivity index (χ0n) is 6.97. The number of aromatic nitrogens is 2. The van der Waals surface area contributed by atoms with E-state index in [4.69, 9.17) is 4.55 Å². The fourth-order valence-corrected chi connectivity index (χ4v) is 1.92. The van der Waals surface area contributed by atoms with Gasteiger partial charge in [-0.25, -0.2) is 4.98 Å². The van der Waals surface area contributed by atoms with Gasteiger partial charge in [0.2, 0.25) is 0 Å². The molecular weight excluding hydrogens is 172 g/mol. The number of rotatable bonds is 3. The van der Waals surface area contributed by atoms with E-state index in [9.17, 15) is 0 Å². The summed E-state index contributed by atoms with van der Waals surface area (Å²) in [7, 11) is 0. The van der Waals surface area contributed by atoms with Crippen molar-refractivity contribution in [3.63, 3.8) is 0 Å². The molecular formula is C8H12N2OS. The summed E-state index contributed by atoms with van der Waals surface area (Å²) in [6.45, 7) is 2.18. The molecule has 1 N–H and O–H groups in total. The van der Waals surface area contributed by atoms with E-state index in [-0.39, 0.29) is 0 Å². The normalized spacial score (nSPS) is 19.5. The Bertz CT molecular complexity index is 270. The molecule has 0 bridgehead atoms. The summed E-state index contributed by atoms with van der Waals surface area (Å²) in [5.41, 5.74) is 0. The van der Waals surface area contributed by atoms with Crippen molar-refractivity contribution in [3.8, 4) is 0 Å². The third kappa shape index (κ3) is 1.36. The molecule has 1 aliphatic rings. The van der Waals surface area contributed by atoms with E-state index in [1.807, 2.05) is 10.8 Å². The monoisotopic (exact) mass is 184 g/mol. The second-order valence-corrected chi connectivity index (χ2v) is 3.83. The quantitative estimate of drug-likeness (QED) is 0.733. The zero-order valence-corrected chi connectivity index (χ0v) is 7.79. The van der Waals surface area contributed by atoms with Crippen LogP contribution in [0.3, 0.4) is 0 Å². The first-order valence-electron chi connectivity index (χ1n) is 4.17. The number of imidazole rings is 1. The fraction of sp³-hybridized carbons (Fsp3) is 0.625. The fourth-order valence-electron chi connectivity index (χ4n) is 1.49. The smallest absolute Gasteiger partial charge is 0.195 e. The first-order chi connectivity index (χ1) is 5.83. The molecule has 1 atom stereocenters. The van der Waals surface area contributed by atoms with E-state index in [2.05, 4.69) is 11.9 Å². The van der Waals surface area contributed by atoms with E-state index in [1.165, 1.54) is 12.8 Å². The highest BCUT2D eigenvalue weighted by Crippen LogP contribution is 2.40. The van der Waals surface area contributed by atoms with Gasteiger partial charge < -0.3 is 9.12 Å². The summed E-state index contributed by atoms with van der Waals surface area (Å²) in [5, 5.41) is 0.703. The van der Waals surface area contributed by atoms with Crippen LogP contribution in [0.2, 0.25) is 0 Å². The van der Waals surface area contributed by atoms with Crippen molar-refractivity contribution in [2.75, 3.05) is 0 Å². The SMILES string of the molecule is C[C@@H](C1CC1)n1ccnc1SO. The van der Waals surface area contributed by atoms with E-state index in [0.29, 0.717) is 11.2 Å². The molecule has 3 nitrogen and oxygen atoms in total. The van der Waals surface area contributed by atoms with Gasteiger partial charge in [0.15, 0.2) is 5.16 Å². The minimum absolute atomic E-state index is 0.488. The van der Waals surface area contributed by atoms with Crippen LogP contribution in [0.15, 0.2) is 17.6 Å². The third-order valence-corrected chi connectivity index (χ3v) is 2.94. The summed E-state index contributed by atoms with van der Waals surface area (Å²) in [6.07, 6.45) is 6.29. The molecule has 66 valence electrons. The highest BCUT2D eigenvalue weighted by Gasteiger charge is 2.29. The van der Waals surface area contributed by atoms with Crippen LogP contribution >= 0.6 is 12.0 Å². The summed E-state index contributed by atoms with van der Waals surface area (Å²) in [4.78, 5) is 4.04. The average Bonchev–Trinajstić information content (AvgIpc) is 2.82. The topological polar surface area (TPSA) is 38.0 Å². The Morgan fingerprint density at radius 3 is 3.08 bits per heavy atom. The summed E-state index contributed by atoms with van der Waals surface area (Å²) in [6, 6.07) is 0.488. The number of hydrogen-bond acceptors (Lipinski definition) is 3. The van der Waals surface area contributed by atoms with Crippen LogP contribution in [0.5, 0.6) is 0 Å². The lowest BCUT2D eigenvalue weighted by atomic mass is 10.2. The maximum Gasteiger partial charge on any atom is 0.195 e. The Hall–Kier alpha value is -0.480. The Morgan fingerprint density at radius 2 is 2.50 bits per heavy atom. The third-order valence-electron chi connectivity index (χ3n) is 2.46. The summed E-state index contributed by atoms with van der Waals surface area (Å²) in [5.74, 6) is 0.796. The maximum atomic E-state index is 8.89. The minimum atomic E-state index is 0.488. The highest BCUT2D eigenvalue weighted by molar-refractivity contribution is 7.93. The van der Waals surface area contributed by atoms with E-state index in [0.717, 1.165) is 18.0 Å². The molecule has 2 rings (SSSR count). The predicted molar refractivity (Wildman–Crippen MR) is 48.1 cm³/mol. The molecule has 0 amide bonds. The molecule has 0 saturated heterocycles. The maximum absolute atomic E-state index is 8.89. The van der Waals surface area contributed by atoms with Gasteiger partial charge in [0, 0.05) is 18.4 Å². The largest absolute Gasteiger partial charge is 0.323 e. The van der Waals surface area contributed by atoms with Crippen LogP contribution in [0, 0.1) is 5.92 Å². The van der Waals surface area contributed by atoms with Gasteiger partial charge in [0.25, 0.3) is 0 Å². The predicted octanol–water partition coefficient (Wildman–Crippen LogP) is 2.42. The molecule has 12 heavy (non-hydrogen) atoms. The molecule has 1 aromatic heterocycles.